The largest absolute Gasteiger partial charge is 0.126 e. The SMILES string of the molecule is CCCCC(Cl)(Cl)C(CCl)CCl. The molecule has 0 saturated heterocycles. The van der Waals surface area contributed by atoms with Gasteiger partial charge in [-0.2, -0.15) is 0 Å². The molecule has 0 aliphatic carbocycles. The van der Waals surface area contributed by atoms with E-state index in [1.165, 1.54) is 0 Å². The minimum atomic E-state index is -0.750. The van der Waals surface area contributed by atoms with Crippen molar-refractivity contribution in [2.45, 2.75) is 30.5 Å². The molecule has 74 valence electrons. The van der Waals surface area contributed by atoms with E-state index in [1.54, 1.807) is 0 Å². The Morgan fingerprint density at radius 2 is 1.67 bits per heavy atom. The highest BCUT2D eigenvalue weighted by Gasteiger charge is 2.32. The highest BCUT2D eigenvalue weighted by atomic mass is 35.5. The first kappa shape index (κ1) is 13.2. The molecule has 0 unspecified atom stereocenters. The van der Waals surface area contributed by atoms with Crippen LogP contribution in [0, 0.1) is 5.92 Å². The fourth-order valence-electron chi connectivity index (χ4n) is 0.884. The Labute approximate surface area is 94.5 Å². The number of rotatable bonds is 6. The van der Waals surface area contributed by atoms with Gasteiger partial charge in [0.15, 0.2) is 0 Å². The Morgan fingerprint density at radius 3 is 2.00 bits per heavy atom. The first-order valence-corrected chi connectivity index (χ1v) is 5.90. The van der Waals surface area contributed by atoms with Crippen molar-refractivity contribution in [3.05, 3.63) is 0 Å². The van der Waals surface area contributed by atoms with Crippen LogP contribution in [-0.4, -0.2) is 16.1 Å². The van der Waals surface area contributed by atoms with Crippen LogP contribution in [-0.2, 0) is 0 Å². The summed E-state index contributed by atoms with van der Waals surface area (Å²) in [6.45, 7) is 2.10. The van der Waals surface area contributed by atoms with Crippen molar-refractivity contribution in [3.63, 3.8) is 0 Å². The van der Waals surface area contributed by atoms with E-state index in [2.05, 4.69) is 6.92 Å². The predicted molar refractivity (Wildman–Crippen MR) is 58.9 cm³/mol. The molecular formula is C8H14Cl4. The predicted octanol–water partition coefficient (Wildman–Crippen LogP) is 4.44. The van der Waals surface area contributed by atoms with E-state index >= 15 is 0 Å². The molecular weight excluding hydrogens is 238 g/mol. The van der Waals surface area contributed by atoms with Crippen molar-refractivity contribution in [2.75, 3.05) is 11.8 Å². The van der Waals surface area contributed by atoms with Gasteiger partial charge in [-0.3, -0.25) is 0 Å². The van der Waals surface area contributed by atoms with Gasteiger partial charge >= 0.3 is 0 Å². The molecule has 0 aliphatic rings. The maximum Gasteiger partial charge on any atom is 0.123 e. The van der Waals surface area contributed by atoms with Crippen LogP contribution in [0.1, 0.15) is 26.2 Å². The standard InChI is InChI=1S/C8H14Cl4/c1-2-3-4-8(11,12)7(5-9)6-10/h7H,2-6H2,1H3. The van der Waals surface area contributed by atoms with Gasteiger partial charge in [-0.15, -0.1) is 46.4 Å². The molecule has 12 heavy (non-hydrogen) atoms. The van der Waals surface area contributed by atoms with Crippen LogP contribution >= 0.6 is 46.4 Å². The molecule has 0 radical (unpaired) electrons. The number of halogens is 4. The molecule has 0 atom stereocenters. The highest BCUT2D eigenvalue weighted by molar-refractivity contribution is 6.49. The third kappa shape index (κ3) is 4.41. The Kier molecular flexibility index (Phi) is 7.23. The zero-order valence-corrected chi connectivity index (χ0v) is 10.1. The van der Waals surface area contributed by atoms with Crippen molar-refractivity contribution in [1.82, 2.24) is 0 Å². The lowest BCUT2D eigenvalue weighted by Crippen LogP contribution is -2.28. The fourth-order valence-corrected chi connectivity index (χ4v) is 2.63. The Bertz CT molecular complexity index is 110. The summed E-state index contributed by atoms with van der Waals surface area (Å²) in [7, 11) is 0. The lowest BCUT2D eigenvalue weighted by molar-refractivity contribution is 0.508. The average Bonchev–Trinajstić information content (AvgIpc) is 2.03. The van der Waals surface area contributed by atoms with Gasteiger partial charge in [0.1, 0.15) is 4.33 Å². The van der Waals surface area contributed by atoms with E-state index in [-0.39, 0.29) is 5.92 Å². The lowest BCUT2D eigenvalue weighted by atomic mass is 10.0. The van der Waals surface area contributed by atoms with Gasteiger partial charge in [0, 0.05) is 17.7 Å². The molecule has 0 rings (SSSR count). The van der Waals surface area contributed by atoms with E-state index in [0.29, 0.717) is 11.8 Å². The maximum atomic E-state index is 6.08. The van der Waals surface area contributed by atoms with Crippen molar-refractivity contribution in [2.24, 2.45) is 5.92 Å². The van der Waals surface area contributed by atoms with Gasteiger partial charge in [-0.05, 0) is 6.42 Å². The summed E-state index contributed by atoms with van der Waals surface area (Å²) in [5.41, 5.74) is 0. The minimum Gasteiger partial charge on any atom is -0.126 e. The fraction of sp³-hybridized carbons (Fsp3) is 1.00. The third-order valence-electron chi connectivity index (χ3n) is 1.83. The first-order chi connectivity index (χ1) is 5.58. The summed E-state index contributed by atoms with van der Waals surface area (Å²) >= 11 is 23.5. The molecule has 0 aromatic heterocycles. The molecule has 0 nitrogen and oxygen atoms in total. The smallest absolute Gasteiger partial charge is 0.123 e. The molecule has 4 heteroatoms. The van der Waals surface area contributed by atoms with Crippen LogP contribution in [0.15, 0.2) is 0 Å². The number of hydrogen-bond donors (Lipinski definition) is 0. The lowest BCUT2D eigenvalue weighted by Gasteiger charge is -2.26. The van der Waals surface area contributed by atoms with Crippen LogP contribution in [0.2, 0.25) is 0 Å². The van der Waals surface area contributed by atoms with Crippen LogP contribution in [0.3, 0.4) is 0 Å². The van der Waals surface area contributed by atoms with Gasteiger partial charge < -0.3 is 0 Å². The summed E-state index contributed by atoms with van der Waals surface area (Å²) in [5.74, 6) is 0.816. The molecule has 0 saturated carbocycles. The molecule has 0 aliphatic heterocycles. The summed E-state index contributed by atoms with van der Waals surface area (Å²) in [4.78, 5) is 0. The Morgan fingerprint density at radius 1 is 1.17 bits per heavy atom. The van der Waals surface area contributed by atoms with Gasteiger partial charge in [0.2, 0.25) is 0 Å². The van der Waals surface area contributed by atoms with E-state index < -0.39 is 4.33 Å². The second-order valence-electron chi connectivity index (χ2n) is 2.87. The Balaban J connectivity index is 3.96. The maximum absolute atomic E-state index is 6.08. The monoisotopic (exact) mass is 250 g/mol. The minimum absolute atomic E-state index is 0.0179. The van der Waals surface area contributed by atoms with E-state index in [0.717, 1.165) is 19.3 Å². The molecule has 0 aromatic rings. The Hall–Kier alpha value is 1.16. The second kappa shape index (κ2) is 6.59. The van der Waals surface area contributed by atoms with Crippen LogP contribution in [0.25, 0.3) is 0 Å². The normalized spacial score (nSPS) is 12.5. The van der Waals surface area contributed by atoms with Crippen molar-refractivity contribution in [1.29, 1.82) is 0 Å². The van der Waals surface area contributed by atoms with E-state index in [4.69, 9.17) is 46.4 Å². The van der Waals surface area contributed by atoms with E-state index in [9.17, 15) is 0 Å². The molecule has 0 heterocycles. The molecule has 0 aromatic carbocycles. The summed E-state index contributed by atoms with van der Waals surface area (Å²) in [6, 6.07) is 0. The number of unbranched alkanes of at least 4 members (excludes halogenated alkanes) is 1. The molecule has 0 bridgehead atoms. The van der Waals surface area contributed by atoms with Crippen molar-refractivity contribution < 1.29 is 0 Å². The topological polar surface area (TPSA) is 0 Å². The van der Waals surface area contributed by atoms with E-state index in [1.807, 2.05) is 0 Å². The summed E-state index contributed by atoms with van der Waals surface area (Å²) in [6.07, 6.45) is 2.85. The number of alkyl halides is 4. The third-order valence-corrected chi connectivity index (χ3v) is 3.57. The van der Waals surface area contributed by atoms with Gasteiger partial charge in [0.05, 0.1) is 0 Å². The molecule has 0 N–H and O–H groups in total. The van der Waals surface area contributed by atoms with Crippen LogP contribution in [0.5, 0.6) is 0 Å². The summed E-state index contributed by atoms with van der Waals surface area (Å²) in [5, 5.41) is 0. The van der Waals surface area contributed by atoms with Crippen molar-refractivity contribution >= 4 is 46.4 Å². The van der Waals surface area contributed by atoms with Crippen molar-refractivity contribution in [3.8, 4) is 0 Å². The second-order valence-corrected chi connectivity index (χ2v) is 5.03. The molecule has 0 fully saturated rings. The van der Waals surface area contributed by atoms with Crippen LogP contribution < -0.4 is 0 Å². The quantitative estimate of drug-likeness (QED) is 0.613. The molecule has 0 amide bonds. The van der Waals surface area contributed by atoms with Gasteiger partial charge in [-0.1, -0.05) is 19.8 Å². The summed E-state index contributed by atoms with van der Waals surface area (Å²) < 4.78 is -0.750. The zero-order chi connectivity index (χ0) is 9.61. The van der Waals surface area contributed by atoms with Gasteiger partial charge in [-0.25, -0.2) is 0 Å². The zero-order valence-electron chi connectivity index (χ0n) is 7.12. The van der Waals surface area contributed by atoms with Crippen LogP contribution in [0.4, 0.5) is 0 Å². The van der Waals surface area contributed by atoms with Gasteiger partial charge in [0.25, 0.3) is 0 Å². The first-order valence-electron chi connectivity index (χ1n) is 4.08. The molecule has 0 spiro atoms. The highest BCUT2D eigenvalue weighted by Crippen LogP contribution is 2.37. The average molecular weight is 252 g/mol. The number of hydrogen-bond acceptors (Lipinski definition) is 0.